The molecule has 1 rings (SSSR count). The van der Waals surface area contributed by atoms with E-state index in [1.807, 2.05) is 32.0 Å². The van der Waals surface area contributed by atoms with Gasteiger partial charge in [0.2, 0.25) is 5.91 Å². The molecule has 0 atom stereocenters. The molecule has 3 amide bonds. The summed E-state index contributed by atoms with van der Waals surface area (Å²) in [5.74, 6) is -0.0614. The number of hydrogen-bond donors (Lipinski definition) is 3. The summed E-state index contributed by atoms with van der Waals surface area (Å²) < 4.78 is 0. The van der Waals surface area contributed by atoms with Crippen LogP contribution in [0.4, 0.5) is 4.79 Å². The summed E-state index contributed by atoms with van der Waals surface area (Å²) in [5, 5.41) is 8.06. The fourth-order valence-corrected chi connectivity index (χ4v) is 1.30. The third kappa shape index (κ3) is 6.40. The molecule has 0 saturated carbocycles. The molecule has 0 saturated heterocycles. The number of carbonyl (C=O) groups excluding carboxylic acids is 2. The number of amides is 3. The van der Waals surface area contributed by atoms with Crippen LogP contribution < -0.4 is 16.0 Å². The molecule has 6 heteroatoms. The Bertz CT molecular complexity index is 406. The molecule has 1 aromatic rings. The lowest BCUT2D eigenvalue weighted by Crippen LogP contribution is -2.40. The van der Waals surface area contributed by atoms with Crippen molar-refractivity contribution >= 4 is 11.9 Å². The van der Waals surface area contributed by atoms with Gasteiger partial charge in [0.05, 0.1) is 12.2 Å². The van der Waals surface area contributed by atoms with Gasteiger partial charge in [-0.05, 0) is 12.1 Å². The van der Waals surface area contributed by atoms with Crippen LogP contribution in [0.25, 0.3) is 0 Å². The van der Waals surface area contributed by atoms with Crippen LogP contribution in [-0.4, -0.2) is 30.0 Å². The van der Waals surface area contributed by atoms with Crippen LogP contribution in [0, 0.1) is 5.92 Å². The second kappa shape index (κ2) is 8.07. The average Bonchev–Trinajstić information content (AvgIpc) is 2.42. The summed E-state index contributed by atoms with van der Waals surface area (Å²) in [6.45, 7) is 4.84. The first kappa shape index (κ1) is 14.9. The first-order valence-corrected chi connectivity index (χ1v) is 6.29. The van der Waals surface area contributed by atoms with Crippen LogP contribution in [0.15, 0.2) is 24.4 Å². The van der Waals surface area contributed by atoms with E-state index in [-0.39, 0.29) is 17.9 Å². The first-order chi connectivity index (χ1) is 9.09. The van der Waals surface area contributed by atoms with Gasteiger partial charge in [0.15, 0.2) is 0 Å². The lowest BCUT2D eigenvalue weighted by molar-refractivity contribution is -0.123. The predicted octanol–water partition coefficient (Wildman–Crippen LogP) is 0.653. The Morgan fingerprint density at radius 2 is 1.89 bits per heavy atom. The molecule has 6 nitrogen and oxygen atoms in total. The molecule has 1 aromatic heterocycles. The van der Waals surface area contributed by atoms with Crippen molar-refractivity contribution in [1.82, 2.24) is 20.9 Å². The Hall–Kier alpha value is -2.11. The zero-order valence-electron chi connectivity index (χ0n) is 11.3. The number of nitrogens with one attached hydrogen (secondary N) is 3. The number of hydrogen-bond acceptors (Lipinski definition) is 3. The number of aromatic nitrogens is 1. The molecule has 1 heterocycles. The topological polar surface area (TPSA) is 83.1 Å². The number of nitrogens with zero attached hydrogens (tertiary/aromatic N) is 1. The number of pyridine rings is 1. The molecule has 0 aliphatic rings. The normalized spacial score (nSPS) is 10.1. The Morgan fingerprint density at radius 3 is 2.53 bits per heavy atom. The van der Waals surface area contributed by atoms with E-state index in [4.69, 9.17) is 0 Å². The minimum Gasteiger partial charge on any atom is -0.354 e. The summed E-state index contributed by atoms with van der Waals surface area (Å²) in [7, 11) is 0. The van der Waals surface area contributed by atoms with Gasteiger partial charge in [-0.25, -0.2) is 4.79 Å². The molecule has 0 aromatic carbocycles. The van der Waals surface area contributed by atoms with Crippen molar-refractivity contribution in [3.8, 4) is 0 Å². The number of carbonyl (C=O) groups is 2. The zero-order valence-corrected chi connectivity index (χ0v) is 11.3. The quantitative estimate of drug-likeness (QED) is 0.660. The molecule has 104 valence electrons. The van der Waals surface area contributed by atoms with Gasteiger partial charge >= 0.3 is 6.03 Å². The summed E-state index contributed by atoms with van der Waals surface area (Å²) in [6.07, 6.45) is 1.68. The maximum atomic E-state index is 11.4. The van der Waals surface area contributed by atoms with Gasteiger partial charge in [0, 0.05) is 25.2 Å². The van der Waals surface area contributed by atoms with Crippen molar-refractivity contribution in [1.29, 1.82) is 0 Å². The smallest absolute Gasteiger partial charge is 0.315 e. The van der Waals surface area contributed by atoms with Crippen molar-refractivity contribution in [2.24, 2.45) is 5.92 Å². The van der Waals surface area contributed by atoms with E-state index in [2.05, 4.69) is 20.9 Å². The first-order valence-electron chi connectivity index (χ1n) is 6.29. The largest absolute Gasteiger partial charge is 0.354 e. The molecule has 19 heavy (non-hydrogen) atoms. The van der Waals surface area contributed by atoms with Gasteiger partial charge in [-0.15, -0.1) is 0 Å². The van der Waals surface area contributed by atoms with Gasteiger partial charge in [-0.3, -0.25) is 9.78 Å². The summed E-state index contributed by atoms with van der Waals surface area (Å²) in [4.78, 5) is 26.8. The lowest BCUT2D eigenvalue weighted by atomic mass is 10.2. The minimum atomic E-state index is -0.274. The second-order valence-corrected chi connectivity index (χ2v) is 4.38. The lowest BCUT2D eigenvalue weighted by Gasteiger charge is -2.09. The number of urea groups is 1. The van der Waals surface area contributed by atoms with Crippen molar-refractivity contribution in [2.75, 3.05) is 13.1 Å². The van der Waals surface area contributed by atoms with E-state index in [1.165, 1.54) is 0 Å². The highest BCUT2D eigenvalue weighted by atomic mass is 16.2. The zero-order chi connectivity index (χ0) is 14.1. The molecule has 0 bridgehead atoms. The van der Waals surface area contributed by atoms with E-state index >= 15 is 0 Å². The third-order valence-electron chi connectivity index (χ3n) is 2.39. The molecule has 0 spiro atoms. The highest BCUT2D eigenvalue weighted by Gasteiger charge is 2.05. The Balaban J connectivity index is 2.10. The molecular weight excluding hydrogens is 244 g/mol. The van der Waals surface area contributed by atoms with E-state index in [1.54, 1.807) is 6.20 Å². The maximum absolute atomic E-state index is 11.4. The van der Waals surface area contributed by atoms with Crippen molar-refractivity contribution in [3.63, 3.8) is 0 Å². The van der Waals surface area contributed by atoms with Gasteiger partial charge < -0.3 is 16.0 Å². The van der Waals surface area contributed by atoms with Crippen LogP contribution in [0.2, 0.25) is 0 Å². The molecule has 0 radical (unpaired) electrons. The molecule has 0 aliphatic heterocycles. The second-order valence-electron chi connectivity index (χ2n) is 4.38. The van der Waals surface area contributed by atoms with Crippen LogP contribution in [0.3, 0.4) is 0 Å². The van der Waals surface area contributed by atoms with Gasteiger partial charge in [-0.2, -0.15) is 0 Å². The van der Waals surface area contributed by atoms with Crippen molar-refractivity contribution in [2.45, 2.75) is 20.4 Å². The van der Waals surface area contributed by atoms with Crippen LogP contribution >= 0.6 is 0 Å². The monoisotopic (exact) mass is 264 g/mol. The highest BCUT2D eigenvalue weighted by molar-refractivity contribution is 5.78. The molecule has 0 unspecified atom stereocenters. The third-order valence-corrected chi connectivity index (χ3v) is 2.39. The van der Waals surface area contributed by atoms with E-state index in [0.29, 0.717) is 19.6 Å². The predicted molar refractivity (Wildman–Crippen MR) is 72.3 cm³/mol. The molecular formula is C13H20N4O2. The Kier molecular flexibility index (Phi) is 6.35. The Morgan fingerprint density at radius 1 is 1.16 bits per heavy atom. The standard InChI is InChI=1S/C13H20N4O2/c1-10(2)12(18)15-7-8-16-13(19)17-9-11-5-3-4-6-14-11/h3-6,10H,7-9H2,1-2H3,(H,15,18)(H2,16,17,19). The van der Waals surface area contributed by atoms with Gasteiger partial charge in [-0.1, -0.05) is 19.9 Å². The van der Waals surface area contributed by atoms with E-state index in [9.17, 15) is 9.59 Å². The molecule has 0 fully saturated rings. The van der Waals surface area contributed by atoms with Crippen LogP contribution in [0.1, 0.15) is 19.5 Å². The van der Waals surface area contributed by atoms with Crippen molar-refractivity contribution in [3.05, 3.63) is 30.1 Å². The maximum Gasteiger partial charge on any atom is 0.315 e. The fourth-order valence-electron chi connectivity index (χ4n) is 1.30. The van der Waals surface area contributed by atoms with Crippen molar-refractivity contribution < 1.29 is 9.59 Å². The van der Waals surface area contributed by atoms with E-state index < -0.39 is 0 Å². The van der Waals surface area contributed by atoms with Crippen LogP contribution in [-0.2, 0) is 11.3 Å². The highest BCUT2D eigenvalue weighted by Crippen LogP contribution is 1.91. The van der Waals surface area contributed by atoms with E-state index in [0.717, 1.165) is 5.69 Å². The average molecular weight is 264 g/mol. The summed E-state index contributed by atoms with van der Waals surface area (Å²) >= 11 is 0. The minimum absolute atomic E-state index is 0.0179. The van der Waals surface area contributed by atoms with Gasteiger partial charge in [0.25, 0.3) is 0 Å². The van der Waals surface area contributed by atoms with Gasteiger partial charge in [0.1, 0.15) is 0 Å². The Labute approximate surface area is 113 Å². The summed E-state index contributed by atoms with van der Waals surface area (Å²) in [5.41, 5.74) is 0.797. The summed E-state index contributed by atoms with van der Waals surface area (Å²) in [6, 6.07) is 5.25. The fraction of sp³-hybridized carbons (Fsp3) is 0.462. The molecule has 3 N–H and O–H groups in total. The SMILES string of the molecule is CC(C)C(=O)NCCNC(=O)NCc1ccccn1. The van der Waals surface area contributed by atoms with Crippen LogP contribution in [0.5, 0.6) is 0 Å². The number of rotatable bonds is 6. The molecule has 0 aliphatic carbocycles.